The maximum absolute atomic E-state index is 6.34. The van der Waals surface area contributed by atoms with Crippen molar-refractivity contribution in [1.82, 2.24) is 14.8 Å². The summed E-state index contributed by atoms with van der Waals surface area (Å²) in [6, 6.07) is 18.9. The molecule has 4 nitrogen and oxygen atoms in total. The van der Waals surface area contributed by atoms with E-state index in [-0.39, 0.29) is 0 Å². The van der Waals surface area contributed by atoms with E-state index in [4.69, 9.17) is 9.84 Å². The van der Waals surface area contributed by atoms with Gasteiger partial charge in [-0.3, -0.25) is 4.98 Å². The fraction of sp³-hybridized carbons (Fsp3) is 0.304. The molecule has 1 saturated carbocycles. The molecule has 0 unspecified atom stereocenters. The Morgan fingerprint density at radius 3 is 2.52 bits per heavy atom. The third kappa shape index (κ3) is 3.05. The highest BCUT2D eigenvalue weighted by Crippen LogP contribution is 2.37. The van der Waals surface area contributed by atoms with Gasteiger partial charge in [-0.25, -0.2) is 4.68 Å². The Bertz CT molecular complexity index is 1070. The van der Waals surface area contributed by atoms with Gasteiger partial charge in [-0.05, 0) is 24.5 Å². The quantitative estimate of drug-likeness (QED) is 0.472. The topological polar surface area (TPSA) is 39.9 Å². The van der Waals surface area contributed by atoms with Gasteiger partial charge in [-0.15, -0.1) is 0 Å². The number of ether oxygens (including phenoxy) is 1. The molecule has 0 radical (unpaired) electrons. The minimum Gasteiger partial charge on any atom is -0.472 e. The summed E-state index contributed by atoms with van der Waals surface area (Å²) in [5.74, 6) is 0.860. The van der Waals surface area contributed by atoms with E-state index in [0.29, 0.717) is 12.6 Å². The number of rotatable bonds is 4. The van der Waals surface area contributed by atoms with Gasteiger partial charge >= 0.3 is 0 Å². The maximum Gasteiger partial charge on any atom is 0.222 e. The van der Waals surface area contributed by atoms with Gasteiger partial charge in [0.15, 0.2) is 0 Å². The normalized spacial score (nSPS) is 15.4. The van der Waals surface area contributed by atoms with Crippen LogP contribution in [0.3, 0.4) is 0 Å². The van der Waals surface area contributed by atoms with Crippen molar-refractivity contribution in [3.8, 4) is 5.88 Å². The Labute approximate surface area is 158 Å². The fourth-order valence-electron chi connectivity index (χ4n) is 4.11. The van der Waals surface area contributed by atoms with Crippen LogP contribution >= 0.6 is 0 Å². The van der Waals surface area contributed by atoms with Crippen molar-refractivity contribution in [3.63, 3.8) is 0 Å². The van der Waals surface area contributed by atoms with E-state index in [9.17, 15) is 0 Å². The lowest BCUT2D eigenvalue weighted by molar-refractivity contribution is 0.241. The Balaban J connectivity index is 1.62. The van der Waals surface area contributed by atoms with Crippen molar-refractivity contribution in [2.45, 2.75) is 44.8 Å². The largest absolute Gasteiger partial charge is 0.472 e. The number of aromatic nitrogens is 3. The van der Waals surface area contributed by atoms with Crippen LogP contribution in [0.1, 0.15) is 43.7 Å². The fourth-order valence-corrected chi connectivity index (χ4v) is 4.11. The van der Waals surface area contributed by atoms with Crippen LogP contribution in [0.25, 0.3) is 21.8 Å². The van der Waals surface area contributed by atoms with E-state index in [1.165, 1.54) is 32.1 Å². The van der Waals surface area contributed by atoms with E-state index in [1.54, 1.807) is 0 Å². The van der Waals surface area contributed by atoms with Crippen LogP contribution in [0.2, 0.25) is 0 Å². The van der Waals surface area contributed by atoms with Gasteiger partial charge in [0.05, 0.1) is 16.9 Å². The summed E-state index contributed by atoms with van der Waals surface area (Å²) < 4.78 is 8.48. The molecule has 2 aromatic carbocycles. The molecular weight excluding hydrogens is 334 g/mol. The molecule has 1 aliphatic rings. The summed E-state index contributed by atoms with van der Waals surface area (Å²) in [5, 5.41) is 7.13. The highest BCUT2D eigenvalue weighted by molar-refractivity contribution is 6.04. The molecule has 0 aliphatic heterocycles. The van der Waals surface area contributed by atoms with Gasteiger partial charge in [0.1, 0.15) is 12.1 Å². The van der Waals surface area contributed by atoms with Crippen LogP contribution in [0.15, 0.2) is 60.8 Å². The number of fused-ring (bicyclic) bond motifs is 3. The SMILES string of the molecule is c1ccc(COc2c3cnc4ccccc4c3nn2C2CCCCC2)cc1. The third-order valence-electron chi connectivity index (χ3n) is 5.53. The molecule has 0 atom stereocenters. The summed E-state index contributed by atoms with van der Waals surface area (Å²) >= 11 is 0. The van der Waals surface area contributed by atoms with Crippen LogP contribution in [0.4, 0.5) is 0 Å². The molecule has 4 heteroatoms. The summed E-state index contributed by atoms with van der Waals surface area (Å²) in [6.45, 7) is 0.543. The first-order chi connectivity index (χ1) is 13.4. The molecular formula is C23H23N3O. The van der Waals surface area contributed by atoms with Crippen molar-refractivity contribution in [2.75, 3.05) is 0 Å². The van der Waals surface area contributed by atoms with Gasteiger partial charge in [0.2, 0.25) is 5.88 Å². The molecule has 5 rings (SSSR count). The first kappa shape index (κ1) is 16.3. The lowest BCUT2D eigenvalue weighted by Crippen LogP contribution is -2.15. The van der Waals surface area contributed by atoms with Crippen molar-refractivity contribution in [1.29, 1.82) is 0 Å². The van der Waals surface area contributed by atoms with Gasteiger partial charge in [-0.2, -0.15) is 5.10 Å². The number of benzene rings is 2. The minimum atomic E-state index is 0.413. The molecule has 2 heterocycles. The molecule has 136 valence electrons. The molecule has 1 aliphatic carbocycles. The van der Waals surface area contributed by atoms with E-state index >= 15 is 0 Å². The van der Waals surface area contributed by atoms with Crippen LogP contribution in [0.5, 0.6) is 5.88 Å². The maximum atomic E-state index is 6.34. The summed E-state index contributed by atoms with van der Waals surface area (Å²) in [6.07, 6.45) is 8.10. The van der Waals surface area contributed by atoms with E-state index in [0.717, 1.165) is 33.2 Å². The van der Waals surface area contributed by atoms with E-state index in [1.807, 2.05) is 42.6 Å². The second-order valence-electron chi connectivity index (χ2n) is 7.35. The third-order valence-corrected chi connectivity index (χ3v) is 5.53. The molecule has 0 spiro atoms. The molecule has 0 saturated heterocycles. The molecule has 4 aromatic rings. The van der Waals surface area contributed by atoms with Crippen LogP contribution < -0.4 is 4.74 Å². The molecule has 0 N–H and O–H groups in total. The van der Waals surface area contributed by atoms with Crippen molar-refractivity contribution in [3.05, 3.63) is 66.4 Å². The molecule has 1 fully saturated rings. The zero-order chi connectivity index (χ0) is 18.1. The van der Waals surface area contributed by atoms with Crippen LogP contribution in [0, 0.1) is 0 Å². The van der Waals surface area contributed by atoms with Crippen molar-refractivity contribution < 1.29 is 4.74 Å². The average Bonchev–Trinajstić information content (AvgIpc) is 3.13. The first-order valence-corrected chi connectivity index (χ1v) is 9.83. The highest BCUT2D eigenvalue weighted by Gasteiger charge is 2.23. The van der Waals surface area contributed by atoms with Gasteiger partial charge < -0.3 is 4.74 Å². The standard InChI is InChI=1S/C23H23N3O/c1-3-9-17(10-4-1)16-27-23-20-15-24-21-14-8-7-13-19(21)22(20)25-26(23)18-11-5-2-6-12-18/h1,3-4,7-10,13-15,18H,2,5-6,11-12,16H2. The summed E-state index contributed by atoms with van der Waals surface area (Å²) in [7, 11) is 0. The first-order valence-electron chi connectivity index (χ1n) is 9.83. The van der Waals surface area contributed by atoms with Gasteiger partial charge in [0, 0.05) is 11.6 Å². The summed E-state index contributed by atoms with van der Waals surface area (Å²) in [4.78, 5) is 4.65. The Hall–Kier alpha value is -2.88. The zero-order valence-electron chi connectivity index (χ0n) is 15.3. The predicted molar refractivity (Wildman–Crippen MR) is 108 cm³/mol. The number of nitrogens with zero attached hydrogens (tertiary/aromatic N) is 3. The van der Waals surface area contributed by atoms with Gasteiger partial charge in [0.25, 0.3) is 0 Å². The zero-order valence-corrected chi connectivity index (χ0v) is 15.3. The second kappa shape index (κ2) is 7.03. The predicted octanol–water partition coefficient (Wildman–Crippen LogP) is 5.67. The smallest absolute Gasteiger partial charge is 0.222 e. The van der Waals surface area contributed by atoms with Crippen LogP contribution in [-0.4, -0.2) is 14.8 Å². The van der Waals surface area contributed by atoms with Crippen molar-refractivity contribution in [2.24, 2.45) is 0 Å². The van der Waals surface area contributed by atoms with E-state index < -0.39 is 0 Å². The average molecular weight is 357 g/mol. The molecule has 0 bridgehead atoms. The number of hydrogen-bond donors (Lipinski definition) is 0. The Morgan fingerprint density at radius 1 is 0.889 bits per heavy atom. The molecule has 2 aromatic heterocycles. The Morgan fingerprint density at radius 2 is 1.67 bits per heavy atom. The second-order valence-corrected chi connectivity index (χ2v) is 7.35. The number of para-hydroxylation sites is 1. The Kier molecular flexibility index (Phi) is 4.24. The monoisotopic (exact) mass is 357 g/mol. The molecule has 27 heavy (non-hydrogen) atoms. The summed E-state index contributed by atoms with van der Waals surface area (Å²) in [5.41, 5.74) is 3.14. The lowest BCUT2D eigenvalue weighted by atomic mass is 9.96. The highest BCUT2D eigenvalue weighted by atomic mass is 16.5. The van der Waals surface area contributed by atoms with Crippen molar-refractivity contribution >= 4 is 21.8 Å². The molecule has 0 amide bonds. The van der Waals surface area contributed by atoms with Crippen LogP contribution in [-0.2, 0) is 6.61 Å². The number of hydrogen-bond acceptors (Lipinski definition) is 3. The van der Waals surface area contributed by atoms with E-state index in [2.05, 4.69) is 27.9 Å². The van der Waals surface area contributed by atoms with Gasteiger partial charge in [-0.1, -0.05) is 67.8 Å². The lowest BCUT2D eigenvalue weighted by Gasteiger charge is -2.23. The minimum absolute atomic E-state index is 0.413. The number of pyridine rings is 1.